The SMILES string of the molecule is CCn1cccc1CNc1ccn(C(C)C)n1. The van der Waals surface area contributed by atoms with Crippen LogP contribution in [0.5, 0.6) is 0 Å². The molecule has 1 N–H and O–H groups in total. The number of nitrogens with zero attached hydrogens (tertiary/aromatic N) is 3. The molecular formula is C13H20N4. The van der Waals surface area contributed by atoms with E-state index >= 15 is 0 Å². The quantitative estimate of drug-likeness (QED) is 0.860. The fourth-order valence-electron chi connectivity index (χ4n) is 1.82. The van der Waals surface area contributed by atoms with E-state index in [1.165, 1.54) is 5.69 Å². The second-order valence-corrected chi connectivity index (χ2v) is 4.41. The molecule has 2 aromatic rings. The second kappa shape index (κ2) is 5.08. The molecule has 4 heteroatoms. The van der Waals surface area contributed by atoms with E-state index in [9.17, 15) is 0 Å². The Labute approximate surface area is 102 Å². The highest BCUT2D eigenvalue weighted by Gasteiger charge is 2.03. The van der Waals surface area contributed by atoms with Crippen molar-refractivity contribution >= 4 is 5.82 Å². The first kappa shape index (κ1) is 11.8. The molecule has 2 aromatic heterocycles. The number of nitrogens with one attached hydrogen (secondary N) is 1. The zero-order valence-electron chi connectivity index (χ0n) is 10.7. The van der Waals surface area contributed by atoms with Crippen LogP contribution in [0.1, 0.15) is 32.5 Å². The van der Waals surface area contributed by atoms with Gasteiger partial charge in [0.25, 0.3) is 0 Å². The van der Waals surface area contributed by atoms with Crippen molar-refractivity contribution in [2.45, 2.75) is 39.9 Å². The van der Waals surface area contributed by atoms with E-state index in [-0.39, 0.29) is 0 Å². The zero-order chi connectivity index (χ0) is 12.3. The van der Waals surface area contributed by atoms with Crippen LogP contribution in [-0.4, -0.2) is 14.3 Å². The van der Waals surface area contributed by atoms with Gasteiger partial charge in [-0.15, -0.1) is 0 Å². The van der Waals surface area contributed by atoms with Crippen LogP contribution >= 0.6 is 0 Å². The Hall–Kier alpha value is -1.71. The van der Waals surface area contributed by atoms with Crippen LogP contribution in [0.25, 0.3) is 0 Å². The minimum Gasteiger partial charge on any atom is -0.363 e. The third-order valence-corrected chi connectivity index (χ3v) is 2.85. The van der Waals surface area contributed by atoms with Crippen LogP contribution in [0.3, 0.4) is 0 Å². The smallest absolute Gasteiger partial charge is 0.148 e. The van der Waals surface area contributed by atoms with Gasteiger partial charge >= 0.3 is 0 Å². The second-order valence-electron chi connectivity index (χ2n) is 4.41. The summed E-state index contributed by atoms with van der Waals surface area (Å²) in [7, 11) is 0. The first-order valence-electron chi connectivity index (χ1n) is 6.13. The number of anilines is 1. The summed E-state index contributed by atoms with van der Waals surface area (Å²) in [5.74, 6) is 0.933. The Balaban J connectivity index is 1.97. The Kier molecular flexibility index (Phi) is 3.52. The summed E-state index contributed by atoms with van der Waals surface area (Å²) in [4.78, 5) is 0. The van der Waals surface area contributed by atoms with Gasteiger partial charge in [0, 0.05) is 36.7 Å². The van der Waals surface area contributed by atoms with Crippen LogP contribution < -0.4 is 5.32 Å². The lowest BCUT2D eigenvalue weighted by Crippen LogP contribution is -2.07. The van der Waals surface area contributed by atoms with Crippen LogP contribution in [0.15, 0.2) is 30.6 Å². The molecule has 0 bridgehead atoms. The van der Waals surface area contributed by atoms with E-state index in [1.807, 2.05) is 16.9 Å². The third kappa shape index (κ3) is 2.70. The van der Waals surface area contributed by atoms with Crippen LogP contribution in [0, 0.1) is 0 Å². The van der Waals surface area contributed by atoms with Crippen molar-refractivity contribution in [1.29, 1.82) is 0 Å². The molecule has 0 aliphatic carbocycles. The van der Waals surface area contributed by atoms with Crippen LogP contribution in [0.4, 0.5) is 5.82 Å². The van der Waals surface area contributed by atoms with Crippen molar-refractivity contribution < 1.29 is 0 Å². The van der Waals surface area contributed by atoms with Gasteiger partial charge < -0.3 is 9.88 Å². The number of aryl methyl sites for hydroxylation is 1. The van der Waals surface area contributed by atoms with E-state index in [4.69, 9.17) is 0 Å². The number of hydrogen-bond acceptors (Lipinski definition) is 2. The molecule has 0 atom stereocenters. The van der Waals surface area contributed by atoms with Crippen molar-refractivity contribution in [1.82, 2.24) is 14.3 Å². The van der Waals surface area contributed by atoms with Gasteiger partial charge in [-0.25, -0.2) is 0 Å². The van der Waals surface area contributed by atoms with E-state index in [0.29, 0.717) is 6.04 Å². The van der Waals surface area contributed by atoms with Gasteiger partial charge in [0.1, 0.15) is 5.82 Å². The Morgan fingerprint density at radius 1 is 1.29 bits per heavy atom. The largest absolute Gasteiger partial charge is 0.363 e. The lowest BCUT2D eigenvalue weighted by atomic mass is 10.4. The molecule has 0 fully saturated rings. The molecule has 0 radical (unpaired) electrons. The lowest BCUT2D eigenvalue weighted by Gasteiger charge is -2.07. The number of rotatable bonds is 5. The molecule has 92 valence electrons. The summed E-state index contributed by atoms with van der Waals surface area (Å²) in [6, 6.07) is 6.63. The maximum atomic E-state index is 4.46. The molecule has 0 amide bonds. The highest BCUT2D eigenvalue weighted by Crippen LogP contribution is 2.10. The average molecular weight is 232 g/mol. The molecule has 0 aromatic carbocycles. The first-order valence-corrected chi connectivity index (χ1v) is 6.13. The molecular weight excluding hydrogens is 212 g/mol. The highest BCUT2D eigenvalue weighted by atomic mass is 15.3. The molecule has 2 heterocycles. The normalized spacial score (nSPS) is 11.1. The van der Waals surface area contributed by atoms with Crippen molar-refractivity contribution in [3.8, 4) is 0 Å². The monoisotopic (exact) mass is 232 g/mol. The van der Waals surface area contributed by atoms with Crippen LogP contribution in [0.2, 0.25) is 0 Å². The molecule has 0 unspecified atom stereocenters. The number of hydrogen-bond donors (Lipinski definition) is 1. The van der Waals surface area contributed by atoms with Crippen molar-refractivity contribution in [3.05, 3.63) is 36.3 Å². The van der Waals surface area contributed by atoms with Gasteiger partial charge in [-0.2, -0.15) is 5.10 Å². The third-order valence-electron chi connectivity index (χ3n) is 2.85. The lowest BCUT2D eigenvalue weighted by molar-refractivity contribution is 0.533. The average Bonchev–Trinajstić information content (AvgIpc) is 2.95. The zero-order valence-corrected chi connectivity index (χ0v) is 10.7. The molecule has 0 aliphatic heterocycles. The first-order chi connectivity index (χ1) is 8.20. The summed E-state index contributed by atoms with van der Waals surface area (Å²) in [5.41, 5.74) is 1.28. The maximum absolute atomic E-state index is 4.46. The van der Waals surface area contributed by atoms with Crippen LogP contribution in [-0.2, 0) is 13.1 Å². The predicted octanol–water partition coefficient (Wildman–Crippen LogP) is 2.90. The predicted molar refractivity (Wildman–Crippen MR) is 70.0 cm³/mol. The highest BCUT2D eigenvalue weighted by molar-refractivity contribution is 5.33. The molecule has 0 saturated carbocycles. The van der Waals surface area contributed by atoms with E-state index in [0.717, 1.165) is 18.9 Å². The minimum atomic E-state index is 0.407. The van der Waals surface area contributed by atoms with Gasteiger partial charge in [-0.3, -0.25) is 4.68 Å². The summed E-state index contributed by atoms with van der Waals surface area (Å²) >= 11 is 0. The maximum Gasteiger partial charge on any atom is 0.148 e. The minimum absolute atomic E-state index is 0.407. The Morgan fingerprint density at radius 2 is 2.12 bits per heavy atom. The summed E-state index contributed by atoms with van der Waals surface area (Å²) < 4.78 is 4.19. The molecule has 2 rings (SSSR count). The summed E-state index contributed by atoms with van der Waals surface area (Å²) in [6.07, 6.45) is 4.11. The van der Waals surface area contributed by atoms with Gasteiger partial charge in [0.05, 0.1) is 6.54 Å². The van der Waals surface area contributed by atoms with E-state index < -0.39 is 0 Å². The van der Waals surface area contributed by atoms with Gasteiger partial charge in [0.2, 0.25) is 0 Å². The molecule has 17 heavy (non-hydrogen) atoms. The fourth-order valence-corrected chi connectivity index (χ4v) is 1.82. The van der Waals surface area contributed by atoms with Gasteiger partial charge in [-0.05, 0) is 32.9 Å². The topological polar surface area (TPSA) is 34.8 Å². The Morgan fingerprint density at radius 3 is 2.76 bits per heavy atom. The number of aromatic nitrogens is 3. The van der Waals surface area contributed by atoms with Crippen molar-refractivity contribution in [2.75, 3.05) is 5.32 Å². The standard InChI is InChI=1S/C13H20N4/c1-4-16-8-5-6-12(16)10-14-13-7-9-17(15-13)11(2)3/h5-9,11H,4,10H2,1-3H3,(H,14,15). The summed E-state index contributed by atoms with van der Waals surface area (Å²) in [5, 5.41) is 7.81. The van der Waals surface area contributed by atoms with Gasteiger partial charge in [-0.1, -0.05) is 0 Å². The van der Waals surface area contributed by atoms with Gasteiger partial charge in [0.15, 0.2) is 0 Å². The summed E-state index contributed by atoms with van der Waals surface area (Å²) in [6.45, 7) is 8.22. The van der Waals surface area contributed by atoms with E-state index in [1.54, 1.807) is 0 Å². The molecule has 0 spiro atoms. The fraction of sp³-hybridized carbons (Fsp3) is 0.462. The Bertz CT molecular complexity index is 467. The molecule has 0 aliphatic rings. The van der Waals surface area contributed by atoms with Crippen molar-refractivity contribution in [2.24, 2.45) is 0 Å². The molecule has 4 nitrogen and oxygen atoms in total. The van der Waals surface area contributed by atoms with Crippen molar-refractivity contribution in [3.63, 3.8) is 0 Å². The van der Waals surface area contributed by atoms with E-state index in [2.05, 4.69) is 54.1 Å². The molecule has 0 saturated heterocycles.